The molecule has 1 aliphatic carbocycles. The zero-order valence-corrected chi connectivity index (χ0v) is 15.0. The predicted molar refractivity (Wildman–Crippen MR) is 98.6 cm³/mol. The first-order valence-electron chi connectivity index (χ1n) is 8.57. The van der Waals surface area contributed by atoms with Crippen molar-refractivity contribution >= 4 is 11.8 Å². The summed E-state index contributed by atoms with van der Waals surface area (Å²) in [6, 6.07) is 2.47. The Kier molecular flexibility index (Phi) is 4.60. The van der Waals surface area contributed by atoms with Crippen molar-refractivity contribution in [3.8, 4) is 0 Å². The summed E-state index contributed by atoms with van der Waals surface area (Å²) in [7, 11) is 2.02. The van der Waals surface area contributed by atoms with Crippen LogP contribution in [0.4, 0.5) is 11.8 Å². The van der Waals surface area contributed by atoms with Crippen molar-refractivity contribution in [1.82, 2.24) is 20.6 Å². The first-order chi connectivity index (χ1) is 11.4. The van der Waals surface area contributed by atoms with Crippen LogP contribution < -0.4 is 21.3 Å². The molecule has 1 fully saturated rings. The van der Waals surface area contributed by atoms with E-state index in [9.17, 15) is 0 Å². The lowest BCUT2D eigenvalue weighted by atomic mass is 9.93. The standard InChI is InChI=1S/C18H28N6/c1-18(2,3)21-10-12-9-16(23-17(19)22-12)24-11-14(20-4)13-7-5-6-8-15(13)24/h5-6,8-9,13-14,20-21H,7,10-11H2,1-4H3,(H2,19,22,23). The molecule has 2 heterocycles. The van der Waals surface area contributed by atoms with Gasteiger partial charge in [-0.25, -0.2) is 4.98 Å². The van der Waals surface area contributed by atoms with E-state index in [0.29, 0.717) is 24.5 Å². The molecule has 0 bridgehead atoms. The Balaban J connectivity index is 1.87. The molecule has 1 saturated heterocycles. The van der Waals surface area contributed by atoms with Gasteiger partial charge in [-0.2, -0.15) is 4.98 Å². The summed E-state index contributed by atoms with van der Waals surface area (Å²) in [6.07, 6.45) is 7.61. The molecule has 3 rings (SSSR count). The third-order valence-electron chi connectivity index (χ3n) is 4.58. The summed E-state index contributed by atoms with van der Waals surface area (Å²) in [6.45, 7) is 7.99. The fourth-order valence-electron chi connectivity index (χ4n) is 3.33. The van der Waals surface area contributed by atoms with Crippen LogP contribution >= 0.6 is 0 Å². The number of nitrogens with two attached hydrogens (primary N) is 1. The second-order valence-electron chi connectivity index (χ2n) is 7.55. The van der Waals surface area contributed by atoms with Crippen LogP contribution in [0.25, 0.3) is 0 Å². The van der Waals surface area contributed by atoms with Crippen LogP contribution in [0.1, 0.15) is 32.9 Å². The highest BCUT2D eigenvalue weighted by molar-refractivity contribution is 5.54. The Labute approximate surface area is 144 Å². The summed E-state index contributed by atoms with van der Waals surface area (Å²) in [5.74, 6) is 1.71. The number of hydrogen-bond acceptors (Lipinski definition) is 6. The molecule has 0 radical (unpaired) electrons. The van der Waals surface area contributed by atoms with Crippen molar-refractivity contribution in [2.45, 2.75) is 45.3 Å². The molecule has 0 saturated carbocycles. The van der Waals surface area contributed by atoms with Gasteiger partial charge in [0.05, 0.1) is 5.69 Å². The third kappa shape index (κ3) is 3.60. The number of nitrogens with zero attached hydrogens (tertiary/aromatic N) is 3. The van der Waals surface area contributed by atoms with Gasteiger partial charge in [0.2, 0.25) is 5.95 Å². The molecule has 130 valence electrons. The van der Waals surface area contributed by atoms with Crippen LogP contribution in [-0.4, -0.2) is 35.1 Å². The van der Waals surface area contributed by atoms with Crippen molar-refractivity contribution < 1.29 is 0 Å². The van der Waals surface area contributed by atoms with Crippen molar-refractivity contribution in [2.75, 3.05) is 24.2 Å². The van der Waals surface area contributed by atoms with E-state index in [1.54, 1.807) is 0 Å². The van der Waals surface area contributed by atoms with Crippen molar-refractivity contribution in [3.05, 3.63) is 35.7 Å². The smallest absolute Gasteiger partial charge is 0.222 e. The lowest BCUT2D eigenvalue weighted by Gasteiger charge is -2.24. The van der Waals surface area contributed by atoms with Crippen LogP contribution in [0, 0.1) is 5.92 Å². The van der Waals surface area contributed by atoms with E-state index in [1.807, 2.05) is 13.1 Å². The van der Waals surface area contributed by atoms with Crippen LogP contribution in [0.2, 0.25) is 0 Å². The lowest BCUT2D eigenvalue weighted by molar-refractivity contribution is 0.421. The average Bonchev–Trinajstić information content (AvgIpc) is 2.91. The fraction of sp³-hybridized carbons (Fsp3) is 0.556. The second kappa shape index (κ2) is 6.53. The number of allylic oxidation sites excluding steroid dienone is 3. The molecule has 6 heteroatoms. The van der Waals surface area contributed by atoms with Gasteiger partial charge in [0, 0.05) is 42.4 Å². The lowest BCUT2D eigenvalue weighted by Crippen LogP contribution is -2.35. The van der Waals surface area contributed by atoms with Crippen LogP contribution in [0.3, 0.4) is 0 Å². The summed E-state index contributed by atoms with van der Waals surface area (Å²) in [4.78, 5) is 11.1. The van der Waals surface area contributed by atoms with E-state index >= 15 is 0 Å². The Morgan fingerprint density at radius 2 is 2.12 bits per heavy atom. The molecular weight excluding hydrogens is 300 g/mol. The number of rotatable bonds is 4. The number of anilines is 2. The Morgan fingerprint density at radius 1 is 1.33 bits per heavy atom. The largest absolute Gasteiger partial charge is 0.368 e. The summed E-state index contributed by atoms with van der Waals surface area (Å²) >= 11 is 0. The molecule has 2 unspecified atom stereocenters. The molecule has 0 aromatic carbocycles. The topological polar surface area (TPSA) is 79.1 Å². The number of likely N-dealkylation sites (N-methyl/N-ethyl adjacent to an activating group) is 1. The molecule has 1 aromatic rings. The molecule has 1 aromatic heterocycles. The van der Waals surface area contributed by atoms with Crippen LogP contribution in [0.5, 0.6) is 0 Å². The Hall–Kier alpha value is -1.92. The normalized spacial score (nSPS) is 23.3. The predicted octanol–water partition coefficient (Wildman–Crippen LogP) is 1.81. The molecular formula is C18H28N6. The highest BCUT2D eigenvalue weighted by atomic mass is 15.3. The molecule has 2 aliphatic rings. The monoisotopic (exact) mass is 328 g/mol. The van der Waals surface area contributed by atoms with Crippen molar-refractivity contribution in [3.63, 3.8) is 0 Å². The minimum absolute atomic E-state index is 0.0343. The highest BCUT2D eigenvalue weighted by Gasteiger charge is 2.37. The first-order valence-corrected chi connectivity index (χ1v) is 8.57. The number of nitrogen functional groups attached to an aromatic ring is 1. The van der Waals surface area contributed by atoms with E-state index in [0.717, 1.165) is 24.5 Å². The van der Waals surface area contributed by atoms with Gasteiger partial charge in [0.1, 0.15) is 5.82 Å². The van der Waals surface area contributed by atoms with Gasteiger partial charge in [-0.3, -0.25) is 0 Å². The molecule has 24 heavy (non-hydrogen) atoms. The van der Waals surface area contributed by atoms with Crippen LogP contribution in [-0.2, 0) is 6.54 Å². The van der Waals surface area contributed by atoms with Gasteiger partial charge in [-0.05, 0) is 40.3 Å². The van der Waals surface area contributed by atoms with Gasteiger partial charge in [0.15, 0.2) is 0 Å². The number of aromatic nitrogens is 2. The van der Waals surface area contributed by atoms with Gasteiger partial charge >= 0.3 is 0 Å². The van der Waals surface area contributed by atoms with E-state index < -0.39 is 0 Å². The first kappa shape index (κ1) is 16.9. The van der Waals surface area contributed by atoms with Gasteiger partial charge in [-0.15, -0.1) is 0 Å². The quantitative estimate of drug-likeness (QED) is 0.782. The zero-order valence-electron chi connectivity index (χ0n) is 15.0. The summed E-state index contributed by atoms with van der Waals surface area (Å²) in [5, 5.41) is 6.89. The molecule has 4 N–H and O–H groups in total. The minimum atomic E-state index is 0.0343. The number of fused-ring (bicyclic) bond motifs is 1. The van der Waals surface area contributed by atoms with Gasteiger partial charge in [-0.1, -0.05) is 12.2 Å². The molecule has 0 amide bonds. The minimum Gasteiger partial charge on any atom is -0.368 e. The van der Waals surface area contributed by atoms with Gasteiger partial charge < -0.3 is 21.3 Å². The van der Waals surface area contributed by atoms with E-state index in [4.69, 9.17) is 5.73 Å². The Bertz CT molecular complexity index is 658. The summed E-state index contributed by atoms with van der Waals surface area (Å²) in [5.41, 5.74) is 8.24. The van der Waals surface area contributed by atoms with Gasteiger partial charge in [0.25, 0.3) is 0 Å². The fourth-order valence-corrected chi connectivity index (χ4v) is 3.33. The average molecular weight is 328 g/mol. The molecule has 1 aliphatic heterocycles. The van der Waals surface area contributed by atoms with E-state index in [1.165, 1.54) is 5.70 Å². The maximum Gasteiger partial charge on any atom is 0.222 e. The SMILES string of the molecule is CNC1CN(c2cc(CNC(C)(C)C)nc(N)n2)C2=CC=CCC21. The van der Waals surface area contributed by atoms with Crippen LogP contribution in [0.15, 0.2) is 30.0 Å². The zero-order chi connectivity index (χ0) is 17.3. The maximum absolute atomic E-state index is 5.98. The van der Waals surface area contributed by atoms with E-state index in [-0.39, 0.29) is 5.54 Å². The van der Waals surface area contributed by atoms with Crippen molar-refractivity contribution in [1.29, 1.82) is 0 Å². The highest BCUT2D eigenvalue weighted by Crippen LogP contribution is 2.36. The van der Waals surface area contributed by atoms with E-state index in [2.05, 4.69) is 64.5 Å². The van der Waals surface area contributed by atoms with Crippen molar-refractivity contribution in [2.24, 2.45) is 5.92 Å². The third-order valence-corrected chi connectivity index (χ3v) is 4.58. The number of hydrogen-bond donors (Lipinski definition) is 3. The maximum atomic E-state index is 5.98. The second-order valence-corrected chi connectivity index (χ2v) is 7.55. The summed E-state index contributed by atoms with van der Waals surface area (Å²) < 4.78 is 0. The molecule has 6 nitrogen and oxygen atoms in total. The number of nitrogens with one attached hydrogen (secondary N) is 2. The Morgan fingerprint density at radius 3 is 2.83 bits per heavy atom. The molecule has 2 atom stereocenters. The molecule has 0 spiro atoms.